The van der Waals surface area contributed by atoms with E-state index in [0.717, 1.165) is 0 Å². The van der Waals surface area contributed by atoms with E-state index in [1.54, 1.807) is 30.3 Å². The Kier molecular flexibility index (Phi) is 4.32. The summed E-state index contributed by atoms with van der Waals surface area (Å²) in [6.07, 6.45) is 2.74. The minimum Gasteiger partial charge on any atom is -0.479 e. The van der Waals surface area contributed by atoms with Crippen LogP contribution in [0.5, 0.6) is 0 Å². The summed E-state index contributed by atoms with van der Waals surface area (Å²) >= 11 is 5.88. The summed E-state index contributed by atoms with van der Waals surface area (Å²) in [4.78, 5) is 27.1. The molecule has 0 bridgehead atoms. The van der Waals surface area contributed by atoms with Gasteiger partial charge in [-0.2, -0.15) is 0 Å². The molecule has 2 aromatic rings. The summed E-state index contributed by atoms with van der Waals surface area (Å²) in [6.45, 7) is 0. The minimum atomic E-state index is -1.15. The second-order valence-corrected chi connectivity index (χ2v) is 4.42. The van der Waals surface area contributed by atoms with Crippen LogP contribution in [-0.2, 0) is 4.79 Å². The van der Waals surface area contributed by atoms with Gasteiger partial charge in [-0.3, -0.25) is 9.78 Å². The first kappa shape index (κ1) is 14.0. The van der Waals surface area contributed by atoms with E-state index in [-0.39, 0.29) is 10.6 Å². The molecule has 6 heteroatoms. The van der Waals surface area contributed by atoms with E-state index in [4.69, 9.17) is 11.6 Å². The van der Waals surface area contributed by atoms with Crippen LogP contribution in [0.2, 0.25) is 5.02 Å². The monoisotopic (exact) mass is 290 g/mol. The van der Waals surface area contributed by atoms with Crippen LogP contribution < -0.4 is 5.32 Å². The molecule has 0 saturated carbocycles. The molecule has 1 atom stereocenters. The van der Waals surface area contributed by atoms with Crippen molar-refractivity contribution in [3.05, 3.63) is 64.9 Å². The maximum atomic E-state index is 12.1. The molecule has 5 nitrogen and oxygen atoms in total. The quantitative estimate of drug-likeness (QED) is 0.905. The number of nitrogens with one attached hydrogen (secondary N) is 1. The Labute approximate surface area is 120 Å². The van der Waals surface area contributed by atoms with Crippen LogP contribution in [0.15, 0.2) is 48.8 Å². The molecule has 1 aromatic carbocycles. The number of pyridine rings is 1. The second kappa shape index (κ2) is 6.16. The van der Waals surface area contributed by atoms with Crippen molar-refractivity contribution in [2.24, 2.45) is 0 Å². The minimum absolute atomic E-state index is 0.136. The first-order valence-corrected chi connectivity index (χ1v) is 6.15. The Hall–Kier alpha value is -2.40. The maximum Gasteiger partial charge on any atom is 0.330 e. The third-order valence-corrected chi connectivity index (χ3v) is 3.00. The highest BCUT2D eigenvalue weighted by molar-refractivity contribution is 6.33. The normalized spacial score (nSPS) is 11.7. The zero-order valence-corrected chi connectivity index (χ0v) is 11.0. The van der Waals surface area contributed by atoms with E-state index in [1.165, 1.54) is 18.5 Å². The van der Waals surface area contributed by atoms with Gasteiger partial charge in [-0.05, 0) is 11.6 Å². The van der Waals surface area contributed by atoms with E-state index in [1.807, 2.05) is 0 Å². The molecule has 0 fully saturated rings. The van der Waals surface area contributed by atoms with Gasteiger partial charge in [0.2, 0.25) is 0 Å². The predicted molar refractivity (Wildman–Crippen MR) is 73.5 cm³/mol. The second-order valence-electron chi connectivity index (χ2n) is 4.01. The number of amides is 1. The molecule has 0 aliphatic heterocycles. The molecule has 20 heavy (non-hydrogen) atoms. The van der Waals surface area contributed by atoms with Gasteiger partial charge in [0.05, 0.1) is 10.6 Å². The number of carbonyl (C=O) groups is 2. The van der Waals surface area contributed by atoms with Crippen molar-refractivity contribution in [3.63, 3.8) is 0 Å². The van der Waals surface area contributed by atoms with Gasteiger partial charge in [0.1, 0.15) is 0 Å². The molecule has 0 radical (unpaired) electrons. The Morgan fingerprint density at radius 1 is 1.20 bits per heavy atom. The molecular formula is C14H11ClN2O3. The number of aromatic nitrogens is 1. The van der Waals surface area contributed by atoms with E-state index in [0.29, 0.717) is 5.56 Å². The van der Waals surface area contributed by atoms with Crippen molar-refractivity contribution in [1.82, 2.24) is 10.3 Å². The molecule has 0 aliphatic rings. The fraction of sp³-hybridized carbons (Fsp3) is 0.0714. The standard InChI is InChI=1S/C14H11ClN2O3/c15-11-6-7-16-8-10(11)13(18)17-12(14(19)20)9-4-2-1-3-5-9/h1-8,12H,(H,17,18)(H,19,20)/t12-/m0/s1. The molecule has 1 amide bonds. The molecule has 0 unspecified atom stereocenters. The number of aliphatic carboxylic acids is 1. The number of rotatable bonds is 4. The molecular weight excluding hydrogens is 280 g/mol. The first-order chi connectivity index (χ1) is 9.59. The van der Waals surface area contributed by atoms with E-state index in [9.17, 15) is 14.7 Å². The van der Waals surface area contributed by atoms with Crippen LogP contribution >= 0.6 is 11.6 Å². The lowest BCUT2D eigenvalue weighted by atomic mass is 10.1. The zero-order valence-electron chi connectivity index (χ0n) is 10.3. The van der Waals surface area contributed by atoms with E-state index < -0.39 is 17.9 Å². The third kappa shape index (κ3) is 3.13. The average molecular weight is 291 g/mol. The number of carbonyl (C=O) groups excluding carboxylic acids is 1. The highest BCUT2D eigenvalue weighted by Gasteiger charge is 2.23. The van der Waals surface area contributed by atoms with Crippen LogP contribution in [0, 0.1) is 0 Å². The largest absolute Gasteiger partial charge is 0.479 e. The van der Waals surface area contributed by atoms with Crippen molar-refractivity contribution in [1.29, 1.82) is 0 Å². The van der Waals surface area contributed by atoms with Crippen LogP contribution in [-0.4, -0.2) is 22.0 Å². The number of carboxylic acids is 1. The lowest BCUT2D eigenvalue weighted by Crippen LogP contribution is -2.33. The summed E-state index contributed by atoms with van der Waals surface area (Å²) in [5, 5.41) is 11.9. The summed E-state index contributed by atoms with van der Waals surface area (Å²) in [5.74, 6) is -1.73. The van der Waals surface area contributed by atoms with Crippen molar-refractivity contribution in [3.8, 4) is 0 Å². The molecule has 1 aromatic heterocycles. The Morgan fingerprint density at radius 3 is 2.50 bits per heavy atom. The van der Waals surface area contributed by atoms with Gasteiger partial charge in [-0.15, -0.1) is 0 Å². The van der Waals surface area contributed by atoms with Gasteiger partial charge < -0.3 is 10.4 Å². The summed E-state index contributed by atoms with van der Waals surface area (Å²) in [6, 6.07) is 8.76. The lowest BCUT2D eigenvalue weighted by Gasteiger charge is -2.15. The number of carboxylic acid groups (broad SMARTS) is 1. The molecule has 0 saturated heterocycles. The molecule has 2 N–H and O–H groups in total. The third-order valence-electron chi connectivity index (χ3n) is 2.67. The van der Waals surface area contributed by atoms with Gasteiger partial charge in [0.25, 0.3) is 5.91 Å². The molecule has 102 valence electrons. The molecule has 0 spiro atoms. The van der Waals surface area contributed by atoms with Crippen molar-refractivity contribution >= 4 is 23.5 Å². The van der Waals surface area contributed by atoms with Crippen molar-refractivity contribution in [2.75, 3.05) is 0 Å². The lowest BCUT2D eigenvalue weighted by molar-refractivity contribution is -0.139. The van der Waals surface area contributed by atoms with Gasteiger partial charge in [0.15, 0.2) is 6.04 Å². The van der Waals surface area contributed by atoms with Crippen LogP contribution in [0.3, 0.4) is 0 Å². The van der Waals surface area contributed by atoms with Gasteiger partial charge in [-0.25, -0.2) is 4.79 Å². The summed E-state index contributed by atoms with van der Waals surface area (Å²) < 4.78 is 0. The fourth-order valence-electron chi connectivity index (χ4n) is 1.69. The SMILES string of the molecule is O=C(N[C@H](C(=O)O)c1ccccc1)c1cnccc1Cl. The van der Waals surface area contributed by atoms with Crippen LogP contribution in [0.1, 0.15) is 22.0 Å². The molecule has 1 heterocycles. The van der Waals surface area contributed by atoms with Gasteiger partial charge in [0, 0.05) is 12.4 Å². The Morgan fingerprint density at radius 2 is 1.90 bits per heavy atom. The predicted octanol–water partition coefficient (Wildman–Crippen LogP) is 2.29. The number of hydrogen-bond donors (Lipinski definition) is 2. The van der Waals surface area contributed by atoms with E-state index in [2.05, 4.69) is 10.3 Å². The number of nitrogens with zero attached hydrogens (tertiary/aromatic N) is 1. The average Bonchev–Trinajstić information content (AvgIpc) is 2.45. The highest BCUT2D eigenvalue weighted by Crippen LogP contribution is 2.17. The number of halogens is 1. The maximum absolute atomic E-state index is 12.1. The zero-order chi connectivity index (χ0) is 14.5. The van der Waals surface area contributed by atoms with Crippen molar-refractivity contribution < 1.29 is 14.7 Å². The van der Waals surface area contributed by atoms with Crippen LogP contribution in [0.25, 0.3) is 0 Å². The molecule has 2 rings (SSSR count). The smallest absolute Gasteiger partial charge is 0.330 e. The highest BCUT2D eigenvalue weighted by atomic mass is 35.5. The summed E-state index contributed by atoms with van der Waals surface area (Å²) in [7, 11) is 0. The fourth-order valence-corrected chi connectivity index (χ4v) is 1.88. The first-order valence-electron chi connectivity index (χ1n) is 5.77. The van der Waals surface area contributed by atoms with Gasteiger partial charge >= 0.3 is 5.97 Å². The van der Waals surface area contributed by atoms with Gasteiger partial charge in [-0.1, -0.05) is 41.9 Å². The topological polar surface area (TPSA) is 79.3 Å². The number of benzene rings is 1. The summed E-state index contributed by atoms with van der Waals surface area (Å²) in [5.41, 5.74) is 0.615. The van der Waals surface area contributed by atoms with E-state index >= 15 is 0 Å². The Bertz CT molecular complexity index is 631. The Balaban J connectivity index is 2.24. The van der Waals surface area contributed by atoms with Crippen molar-refractivity contribution in [2.45, 2.75) is 6.04 Å². The van der Waals surface area contributed by atoms with Crippen LogP contribution in [0.4, 0.5) is 0 Å². The number of hydrogen-bond acceptors (Lipinski definition) is 3. The molecule has 0 aliphatic carbocycles.